The Kier molecular flexibility index (Phi) is 4.78. The van der Waals surface area contributed by atoms with E-state index in [1.165, 1.54) is 7.11 Å². The van der Waals surface area contributed by atoms with Gasteiger partial charge in [0.05, 0.1) is 31.2 Å². The number of rotatable bonds is 3. The maximum atomic E-state index is 10.3. The summed E-state index contributed by atoms with van der Waals surface area (Å²) in [6.07, 6.45) is -1.14. The van der Waals surface area contributed by atoms with Crippen LogP contribution in [0.25, 0.3) is 0 Å². The highest BCUT2D eigenvalue weighted by atomic mass is 79.9. The largest absolute Gasteiger partial charge is 0.497 e. The van der Waals surface area contributed by atoms with Gasteiger partial charge in [-0.2, -0.15) is 15.8 Å². The highest BCUT2D eigenvalue weighted by Gasteiger charge is 2.79. The molecule has 2 aliphatic heterocycles. The van der Waals surface area contributed by atoms with Crippen molar-refractivity contribution in [3.8, 4) is 24.0 Å². The van der Waals surface area contributed by atoms with Gasteiger partial charge in [-0.05, 0) is 29.8 Å². The molecule has 0 aliphatic carbocycles. The topological polar surface area (TPSA) is 123 Å². The fourth-order valence-electron chi connectivity index (χ4n) is 4.63. The Bertz CT molecular complexity index is 1160. The van der Waals surface area contributed by atoms with E-state index in [1.807, 2.05) is 12.1 Å². The number of nitrogens with one attached hydrogen (secondary N) is 1. The minimum absolute atomic E-state index is 0.440. The summed E-state index contributed by atoms with van der Waals surface area (Å²) in [5, 5.41) is 39.4. The maximum Gasteiger partial charge on any atom is 0.244 e. The number of ether oxygens (including phenoxy) is 3. The van der Waals surface area contributed by atoms with Crippen molar-refractivity contribution in [1.82, 2.24) is 0 Å². The molecule has 4 atom stereocenters. The Balaban J connectivity index is 2.00. The molecular weight excluding hydrogens is 460 g/mol. The van der Waals surface area contributed by atoms with Crippen molar-refractivity contribution in [3.63, 3.8) is 0 Å². The van der Waals surface area contributed by atoms with Crippen LogP contribution < -0.4 is 4.74 Å². The first kappa shape index (κ1) is 20.9. The molecule has 31 heavy (non-hydrogen) atoms. The molecule has 1 N–H and O–H groups in total. The smallest absolute Gasteiger partial charge is 0.244 e. The van der Waals surface area contributed by atoms with Gasteiger partial charge in [0.25, 0.3) is 0 Å². The molecular formula is C23H17BrN4O3. The summed E-state index contributed by atoms with van der Waals surface area (Å²) >= 11 is 3.40. The van der Waals surface area contributed by atoms with E-state index in [0.717, 1.165) is 4.47 Å². The number of fused-ring (bicyclic) bond motifs is 2. The molecule has 2 bridgehead atoms. The standard InChI is InChI=1S/C23H17BrN4O3/c1-14-22(13-27)20(28)31-23(14,16-5-7-17(24)8-6-16)30-19(21(22,11-25)12-26)15-3-9-18(29-2)10-4-15/h3-10,14,19,28H,1-2H3. The molecule has 2 fully saturated rings. The third kappa shape index (κ3) is 2.48. The summed E-state index contributed by atoms with van der Waals surface area (Å²) < 4.78 is 18.4. The van der Waals surface area contributed by atoms with Crippen molar-refractivity contribution in [2.24, 2.45) is 16.7 Å². The predicted molar refractivity (Wildman–Crippen MR) is 112 cm³/mol. The maximum absolute atomic E-state index is 10.3. The Morgan fingerprint density at radius 2 is 1.61 bits per heavy atom. The number of benzene rings is 2. The van der Waals surface area contributed by atoms with E-state index in [9.17, 15) is 15.8 Å². The summed E-state index contributed by atoms with van der Waals surface area (Å²) in [4.78, 5) is 0. The molecule has 2 heterocycles. The number of nitriles is 3. The van der Waals surface area contributed by atoms with Crippen LogP contribution in [-0.2, 0) is 15.3 Å². The van der Waals surface area contributed by atoms with Crippen molar-refractivity contribution in [2.45, 2.75) is 18.8 Å². The molecule has 0 amide bonds. The van der Waals surface area contributed by atoms with Crippen molar-refractivity contribution >= 4 is 21.8 Å². The van der Waals surface area contributed by atoms with Gasteiger partial charge in [0, 0.05) is 10.0 Å². The number of nitrogens with zero attached hydrogens (tertiary/aromatic N) is 3. The Morgan fingerprint density at radius 1 is 1.00 bits per heavy atom. The van der Waals surface area contributed by atoms with Crippen LogP contribution in [0.3, 0.4) is 0 Å². The van der Waals surface area contributed by atoms with E-state index in [4.69, 9.17) is 19.6 Å². The number of hydrogen-bond donors (Lipinski definition) is 1. The highest BCUT2D eigenvalue weighted by Crippen LogP contribution is 2.68. The SMILES string of the molecule is COc1ccc(C2OC3(c4ccc(Br)cc4)OC(=N)C(C#N)(C3C)C2(C#N)C#N)cc1. The molecule has 2 aromatic carbocycles. The van der Waals surface area contributed by atoms with Crippen molar-refractivity contribution in [3.05, 3.63) is 64.1 Å². The van der Waals surface area contributed by atoms with Gasteiger partial charge in [0.1, 0.15) is 11.9 Å². The highest BCUT2D eigenvalue weighted by molar-refractivity contribution is 9.10. The lowest BCUT2D eigenvalue weighted by atomic mass is 9.53. The first-order valence-corrected chi connectivity index (χ1v) is 10.2. The fraction of sp³-hybridized carbons (Fsp3) is 0.304. The molecule has 0 aromatic heterocycles. The minimum atomic E-state index is -2.00. The second-order valence-corrected chi connectivity index (χ2v) is 8.47. The summed E-state index contributed by atoms with van der Waals surface area (Å²) in [6.45, 7) is 1.68. The van der Waals surface area contributed by atoms with E-state index in [2.05, 4.69) is 22.0 Å². The quantitative estimate of drug-likeness (QED) is 0.691. The first-order valence-electron chi connectivity index (χ1n) is 9.45. The van der Waals surface area contributed by atoms with E-state index < -0.39 is 34.5 Å². The first-order chi connectivity index (χ1) is 14.8. The average Bonchev–Trinajstić information content (AvgIpc) is 2.96. The van der Waals surface area contributed by atoms with Gasteiger partial charge in [0.2, 0.25) is 17.1 Å². The minimum Gasteiger partial charge on any atom is -0.497 e. The zero-order valence-corrected chi connectivity index (χ0v) is 18.3. The van der Waals surface area contributed by atoms with E-state index >= 15 is 0 Å². The van der Waals surface area contributed by atoms with Gasteiger partial charge in [0.15, 0.2) is 5.41 Å². The van der Waals surface area contributed by atoms with Gasteiger partial charge in [-0.3, -0.25) is 5.41 Å². The van der Waals surface area contributed by atoms with Crippen LogP contribution in [0.1, 0.15) is 24.2 Å². The monoisotopic (exact) mass is 476 g/mol. The molecule has 2 aromatic rings. The summed E-state index contributed by atoms with van der Waals surface area (Å²) in [7, 11) is 1.53. The van der Waals surface area contributed by atoms with Crippen LogP contribution in [0.15, 0.2) is 53.0 Å². The molecule has 2 saturated heterocycles. The predicted octanol–water partition coefficient (Wildman–Crippen LogP) is 4.57. The van der Waals surface area contributed by atoms with Crippen LogP contribution in [0, 0.1) is 56.2 Å². The normalized spacial score (nSPS) is 30.4. The summed E-state index contributed by atoms with van der Waals surface area (Å²) in [5.74, 6) is -2.15. The summed E-state index contributed by atoms with van der Waals surface area (Å²) in [5.41, 5.74) is -2.72. The number of hydrogen-bond acceptors (Lipinski definition) is 7. The molecule has 8 heteroatoms. The van der Waals surface area contributed by atoms with Crippen LogP contribution in [0.2, 0.25) is 0 Å². The second kappa shape index (κ2) is 7.10. The number of methoxy groups -OCH3 is 1. The van der Waals surface area contributed by atoms with Gasteiger partial charge in [-0.1, -0.05) is 47.1 Å². The third-order valence-corrected chi connectivity index (χ3v) is 6.86. The molecule has 2 aliphatic rings. The Labute approximate surface area is 188 Å². The zero-order valence-electron chi connectivity index (χ0n) is 16.7. The van der Waals surface area contributed by atoms with Gasteiger partial charge >= 0.3 is 0 Å². The zero-order chi connectivity index (χ0) is 22.4. The van der Waals surface area contributed by atoms with Gasteiger partial charge < -0.3 is 14.2 Å². The lowest BCUT2D eigenvalue weighted by Gasteiger charge is -2.48. The lowest BCUT2D eigenvalue weighted by Crippen LogP contribution is -2.57. The molecule has 0 spiro atoms. The van der Waals surface area contributed by atoms with E-state index in [0.29, 0.717) is 16.9 Å². The fourth-order valence-corrected chi connectivity index (χ4v) is 4.89. The molecule has 0 saturated carbocycles. The van der Waals surface area contributed by atoms with Crippen molar-refractivity contribution in [2.75, 3.05) is 7.11 Å². The van der Waals surface area contributed by atoms with Crippen molar-refractivity contribution < 1.29 is 14.2 Å². The second-order valence-electron chi connectivity index (χ2n) is 7.55. The van der Waals surface area contributed by atoms with E-state index in [1.54, 1.807) is 55.5 Å². The van der Waals surface area contributed by atoms with E-state index in [-0.39, 0.29) is 0 Å². The molecule has 4 unspecified atom stereocenters. The molecule has 7 nitrogen and oxygen atoms in total. The Hall–Kier alpha value is -3.38. The van der Waals surface area contributed by atoms with Crippen LogP contribution in [-0.4, -0.2) is 13.0 Å². The van der Waals surface area contributed by atoms with Crippen LogP contribution in [0.4, 0.5) is 0 Å². The third-order valence-electron chi connectivity index (χ3n) is 6.33. The number of halogens is 1. The van der Waals surface area contributed by atoms with Crippen LogP contribution in [0.5, 0.6) is 5.75 Å². The van der Waals surface area contributed by atoms with Gasteiger partial charge in [-0.15, -0.1) is 0 Å². The molecule has 0 radical (unpaired) electrons. The average molecular weight is 477 g/mol. The van der Waals surface area contributed by atoms with Crippen LogP contribution >= 0.6 is 15.9 Å². The van der Waals surface area contributed by atoms with Crippen molar-refractivity contribution in [1.29, 1.82) is 21.2 Å². The molecule has 4 rings (SSSR count). The Morgan fingerprint density at radius 3 is 2.13 bits per heavy atom. The van der Waals surface area contributed by atoms with Gasteiger partial charge in [-0.25, -0.2) is 0 Å². The summed E-state index contributed by atoms with van der Waals surface area (Å²) in [6, 6.07) is 20.1. The molecule has 154 valence electrons. The lowest BCUT2D eigenvalue weighted by molar-refractivity contribution is -0.288.